The molecular weight excluding hydrogens is 236 g/mol. The minimum atomic E-state index is 0.218. The van der Waals surface area contributed by atoms with Crippen LogP contribution >= 0.6 is 0 Å². The highest BCUT2D eigenvalue weighted by atomic mass is 16.5. The standard InChI is InChI=1S/C16H26N2O/c1-4-17-12-14-7-8-15(18-9-5-6-10-18)16(11-14)19-13(2)3/h7-8,11,13,17H,4-6,9-10,12H2,1-3H3. The van der Waals surface area contributed by atoms with Crippen LogP contribution in [0.3, 0.4) is 0 Å². The van der Waals surface area contributed by atoms with Gasteiger partial charge in [-0.3, -0.25) is 0 Å². The minimum absolute atomic E-state index is 0.218. The van der Waals surface area contributed by atoms with Crippen molar-refractivity contribution in [2.45, 2.75) is 46.3 Å². The maximum absolute atomic E-state index is 6.01. The highest BCUT2D eigenvalue weighted by Crippen LogP contribution is 2.32. The Kier molecular flexibility index (Phi) is 5.08. The zero-order valence-electron chi connectivity index (χ0n) is 12.4. The van der Waals surface area contributed by atoms with Gasteiger partial charge in [-0.1, -0.05) is 13.0 Å². The summed E-state index contributed by atoms with van der Waals surface area (Å²) < 4.78 is 6.01. The maximum Gasteiger partial charge on any atom is 0.143 e. The number of hydrogen-bond acceptors (Lipinski definition) is 3. The van der Waals surface area contributed by atoms with Crippen LogP contribution in [-0.4, -0.2) is 25.7 Å². The van der Waals surface area contributed by atoms with E-state index in [9.17, 15) is 0 Å². The van der Waals surface area contributed by atoms with Gasteiger partial charge in [-0.25, -0.2) is 0 Å². The van der Waals surface area contributed by atoms with Gasteiger partial charge in [0, 0.05) is 19.6 Å². The molecule has 106 valence electrons. The molecule has 1 heterocycles. The van der Waals surface area contributed by atoms with Crippen LogP contribution in [0, 0.1) is 0 Å². The summed E-state index contributed by atoms with van der Waals surface area (Å²) in [4.78, 5) is 2.44. The summed E-state index contributed by atoms with van der Waals surface area (Å²) in [6, 6.07) is 6.62. The zero-order chi connectivity index (χ0) is 13.7. The molecular formula is C16H26N2O. The molecule has 0 atom stereocenters. The fraction of sp³-hybridized carbons (Fsp3) is 0.625. The minimum Gasteiger partial charge on any atom is -0.489 e. The second kappa shape index (κ2) is 6.80. The first-order valence-corrected chi connectivity index (χ1v) is 7.46. The van der Waals surface area contributed by atoms with Crippen molar-refractivity contribution < 1.29 is 4.74 Å². The van der Waals surface area contributed by atoms with Gasteiger partial charge in [-0.15, -0.1) is 0 Å². The van der Waals surface area contributed by atoms with Crippen molar-refractivity contribution in [1.29, 1.82) is 0 Å². The van der Waals surface area contributed by atoms with Gasteiger partial charge in [0.05, 0.1) is 11.8 Å². The Hall–Kier alpha value is -1.22. The summed E-state index contributed by atoms with van der Waals surface area (Å²) >= 11 is 0. The molecule has 0 amide bonds. The molecule has 0 saturated carbocycles. The Morgan fingerprint density at radius 3 is 2.63 bits per heavy atom. The predicted molar refractivity (Wildman–Crippen MR) is 81.0 cm³/mol. The van der Waals surface area contributed by atoms with Crippen molar-refractivity contribution in [3.05, 3.63) is 23.8 Å². The van der Waals surface area contributed by atoms with Crippen molar-refractivity contribution in [3.63, 3.8) is 0 Å². The summed E-state index contributed by atoms with van der Waals surface area (Å²) in [6.45, 7) is 10.5. The fourth-order valence-corrected chi connectivity index (χ4v) is 2.51. The van der Waals surface area contributed by atoms with Gasteiger partial charge in [0.2, 0.25) is 0 Å². The van der Waals surface area contributed by atoms with E-state index >= 15 is 0 Å². The molecule has 0 aromatic heterocycles. The average molecular weight is 262 g/mol. The molecule has 1 N–H and O–H groups in total. The van der Waals surface area contributed by atoms with Gasteiger partial charge in [-0.2, -0.15) is 0 Å². The van der Waals surface area contributed by atoms with Crippen LogP contribution in [0.5, 0.6) is 5.75 Å². The zero-order valence-corrected chi connectivity index (χ0v) is 12.4. The van der Waals surface area contributed by atoms with Gasteiger partial charge >= 0.3 is 0 Å². The normalized spacial score (nSPS) is 15.3. The first kappa shape index (κ1) is 14.2. The Bertz CT molecular complexity index is 398. The number of nitrogens with zero attached hydrogens (tertiary/aromatic N) is 1. The number of ether oxygens (including phenoxy) is 1. The fourth-order valence-electron chi connectivity index (χ4n) is 2.51. The predicted octanol–water partition coefficient (Wildman–Crippen LogP) is 3.18. The monoisotopic (exact) mass is 262 g/mol. The molecule has 1 aromatic carbocycles. The van der Waals surface area contributed by atoms with Crippen molar-refractivity contribution in [2.75, 3.05) is 24.5 Å². The number of rotatable bonds is 6. The lowest BCUT2D eigenvalue weighted by atomic mass is 10.1. The Morgan fingerprint density at radius 2 is 2.00 bits per heavy atom. The van der Waals surface area contributed by atoms with E-state index in [1.807, 2.05) is 0 Å². The largest absolute Gasteiger partial charge is 0.489 e. The molecule has 1 aliphatic heterocycles. The molecule has 0 unspecified atom stereocenters. The maximum atomic E-state index is 6.01. The highest BCUT2D eigenvalue weighted by Gasteiger charge is 2.17. The molecule has 1 aliphatic rings. The lowest BCUT2D eigenvalue weighted by Crippen LogP contribution is -2.20. The van der Waals surface area contributed by atoms with Crippen LogP contribution in [0.25, 0.3) is 0 Å². The molecule has 0 aliphatic carbocycles. The number of benzene rings is 1. The molecule has 19 heavy (non-hydrogen) atoms. The molecule has 1 fully saturated rings. The van der Waals surface area contributed by atoms with Crippen LogP contribution in [0.2, 0.25) is 0 Å². The summed E-state index contributed by atoms with van der Waals surface area (Å²) in [7, 11) is 0. The van der Waals surface area contributed by atoms with Crippen LogP contribution in [-0.2, 0) is 6.54 Å². The van der Waals surface area contributed by atoms with Crippen molar-refractivity contribution in [1.82, 2.24) is 5.32 Å². The van der Waals surface area contributed by atoms with Gasteiger partial charge in [0.25, 0.3) is 0 Å². The first-order valence-electron chi connectivity index (χ1n) is 7.46. The number of anilines is 1. The smallest absolute Gasteiger partial charge is 0.143 e. The molecule has 0 bridgehead atoms. The average Bonchev–Trinajstić information content (AvgIpc) is 2.89. The number of hydrogen-bond donors (Lipinski definition) is 1. The summed E-state index contributed by atoms with van der Waals surface area (Å²) in [5.41, 5.74) is 2.55. The molecule has 0 radical (unpaired) electrons. The Balaban J connectivity index is 2.20. The van der Waals surface area contributed by atoms with E-state index in [-0.39, 0.29) is 6.10 Å². The summed E-state index contributed by atoms with van der Waals surface area (Å²) in [6.07, 6.45) is 2.80. The van der Waals surface area contributed by atoms with Crippen molar-refractivity contribution >= 4 is 5.69 Å². The molecule has 1 aromatic rings. The van der Waals surface area contributed by atoms with E-state index < -0.39 is 0 Å². The van der Waals surface area contributed by atoms with E-state index in [4.69, 9.17) is 4.74 Å². The van der Waals surface area contributed by atoms with E-state index in [1.165, 1.54) is 24.1 Å². The van der Waals surface area contributed by atoms with Gasteiger partial charge in [0.1, 0.15) is 5.75 Å². The second-order valence-electron chi connectivity index (χ2n) is 5.44. The van der Waals surface area contributed by atoms with E-state index in [2.05, 4.69) is 49.2 Å². The van der Waals surface area contributed by atoms with Gasteiger partial charge in [0.15, 0.2) is 0 Å². The lowest BCUT2D eigenvalue weighted by molar-refractivity contribution is 0.242. The van der Waals surface area contributed by atoms with Gasteiger partial charge in [-0.05, 0) is 50.9 Å². The van der Waals surface area contributed by atoms with Gasteiger partial charge < -0.3 is 15.0 Å². The quantitative estimate of drug-likeness (QED) is 0.852. The third kappa shape index (κ3) is 3.87. The third-order valence-electron chi connectivity index (χ3n) is 3.41. The van der Waals surface area contributed by atoms with Crippen LogP contribution in [0.15, 0.2) is 18.2 Å². The number of nitrogens with one attached hydrogen (secondary N) is 1. The SMILES string of the molecule is CCNCc1ccc(N2CCCC2)c(OC(C)C)c1. The van der Waals surface area contributed by atoms with E-state index in [1.54, 1.807) is 0 Å². The highest BCUT2D eigenvalue weighted by molar-refractivity contribution is 5.60. The molecule has 3 heteroatoms. The van der Waals surface area contributed by atoms with Crippen molar-refractivity contribution in [2.24, 2.45) is 0 Å². The van der Waals surface area contributed by atoms with Crippen LogP contribution in [0.1, 0.15) is 39.2 Å². The lowest BCUT2D eigenvalue weighted by Gasteiger charge is -2.23. The molecule has 3 nitrogen and oxygen atoms in total. The topological polar surface area (TPSA) is 24.5 Å². The Morgan fingerprint density at radius 1 is 1.26 bits per heavy atom. The van der Waals surface area contributed by atoms with Crippen LogP contribution in [0.4, 0.5) is 5.69 Å². The van der Waals surface area contributed by atoms with Crippen molar-refractivity contribution in [3.8, 4) is 5.75 Å². The molecule has 2 rings (SSSR count). The summed E-state index contributed by atoms with van der Waals surface area (Å²) in [5.74, 6) is 1.03. The first-order chi connectivity index (χ1) is 9.20. The molecule has 0 spiro atoms. The third-order valence-corrected chi connectivity index (χ3v) is 3.41. The van der Waals surface area contributed by atoms with Crippen LogP contribution < -0.4 is 15.0 Å². The second-order valence-corrected chi connectivity index (χ2v) is 5.44. The summed E-state index contributed by atoms with van der Waals surface area (Å²) in [5, 5.41) is 3.36. The van der Waals surface area contributed by atoms with E-state index in [0.29, 0.717) is 0 Å². The molecule has 1 saturated heterocycles. The van der Waals surface area contributed by atoms with E-state index in [0.717, 1.165) is 31.9 Å². The Labute approximate surface area is 116 Å².